The molecule has 1 fully saturated rings. The second-order valence-corrected chi connectivity index (χ2v) is 13.3. The van der Waals surface area contributed by atoms with Crippen LogP contribution < -0.4 is 14.4 Å². The van der Waals surface area contributed by atoms with Gasteiger partial charge in [-0.2, -0.15) is 0 Å². The summed E-state index contributed by atoms with van der Waals surface area (Å²) in [5.41, 5.74) is 1.86. The zero-order valence-electron chi connectivity index (χ0n) is 26.1. The summed E-state index contributed by atoms with van der Waals surface area (Å²) in [6.07, 6.45) is 4.92. The molecular weight excluding hydrogens is 596 g/mol. The Morgan fingerprint density at radius 3 is 2.33 bits per heavy atom. The normalized spacial score (nSPS) is 14.3. The van der Waals surface area contributed by atoms with Gasteiger partial charge in [0.15, 0.2) is 0 Å². The van der Waals surface area contributed by atoms with Crippen molar-refractivity contribution in [2.75, 3.05) is 18.0 Å². The molecule has 3 aromatic rings. The van der Waals surface area contributed by atoms with Gasteiger partial charge in [-0.05, 0) is 69.5 Å². The lowest BCUT2D eigenvalue weighted by Gasteiger charge is -2.33. The molecule has 3 aromatic carbocycles. The van der Waals surface area contributed by atoms with Gasteiger partial charge < -0.3 is 15.0 Å². The van der Waals surface area contributed by atoms with Gasteiger partial charge in [0, 0.05) is 24.2 Å². The first kappa shape index (κ1) is 33.4. The third-order valence-electron chi connectivity index (χ3n) is 8.16. The molecule has 45 heavy (non-hydrogen) atoms. The molecule has 0 radical (unpaired) electrons. The number of benzene rings is 3. The van der Waals surface area contributed by atoms with E-state index in [1.54, 1.807) is 19.1 Å². The minimum Gasteiger partial charge on any atom is -0.497 e. The highest BCUT2D eigenvalue weighted by atomic mass is 32.2. The zero-order valence-corrected chi connectivity index (χ0v) is 26.9. The Hall–Kier alpha value is -4.45. The van der Waals surface area contributed by atoms with Crippen molar-refractivity contribution in [1.82, 2.24) is 10.2 Å². The summed E-state index contributed by atoms with van der Waals surface area (Å²) in [7, 11) is -3.01. The molecule has 11 nitrogen and oxygen atoms in total. The molecule has 0 spiro atoms. The molecule has 0 aliphatic heterocycles. The van der Waals surface area contributed by atoms with Gasteiger partial charge in [0.1, 0.15) is 18.3 Å². The molecule has 1 aliphatic rings. The third kappa shape index (κ3) is 8.18. The van der Waals surface area contributed by atoms with Crippen LogP contribution in [0.4, 0.5) is 11.4 Å². The van der Waals surface area contributed by atoms with E-state index >= 15 is 0 Å². The molecule has 4 rings (SSSR count). The number of nitro groups is 1. The van der Waals surface area contributed by atoms with Crippen molar-refractivity contribution in [3.8, 4) is 5.75 Å². The SMILES string of the molecule is COc1ccc(N(CC(=O)N(Cc2cccc(C)c2)[C@H](C)C(=O)NC2CCCCC2)S(=O)(=O)c2ccc(C)c([N+](=O)[O-])c2)cc1. The number of nitrogens with zero attached hydrogens (tertiary/aromatic N) is 3. The van der Waals surface area contributed by atoms with E-state index in [0.717, 1.165) is 53.6 Å². The Labute approximate surface area is 264 Å². The first-order valence-corrected chi connectivity index (χ1v) is 16.4. The van der Waals surface area contributed by atoms with E-state index in [9.17, 15) is 28.1 Å². The minimum absolute atomic E-state index is 0.0260. The summed E-state index contributed by atoms with van der Waals surface area (Å²) in [5, 5.41) is 14.7. The van der Waals surface area contributed by atoms with Gasteiger partial charge >= 0.3 is 0 Å². The smallest absolute Gasteiger partial charge is 0.273 e. The van der Waals surface area contributed by atoms with Crippen LogP contribution in [0.1, 0.15) is 55.7 Å². The van der Waals surface area contributed by atoms with Gasteiger partial charge in [0.05, 0.1) is 22.6 Å². The number of nitro benzene ring substituents is 1. The quantitative estimate of drug-likeness (QED) is 0.211. The van der Waals surface area contributed by atoms with Crippen molar-refractivity contribution in [2.24, 2.45) is 0 Å². The average Bonchev–Trinajstić information content (AvgIpc) is 3.02. The Balaban J connectivity index is 1.72. The van der Waals surface area contributed by atoms with Crippen molar-refractivity contribution in [3.63, 3.8) is 0 Å². The van der Waals surface area contributed by atoms with Crippen LogP contribution in [0.2, 0.25) is 0 Å². The molecule has 0 heterocycles. The van der Waals surface area contributed by atoms with Crippen LogP contribution in [-0.4, -0.2) is 55.8 Å². The summed E-state index contributed by atoms with van der Waals surface area (Å²) in [6, 6.07) is 16.4. The topological polar surface area (TPSA) is 139 Å². The van der Waals surface area contributed by atoms with E-state index < -0.39 is 33.4 Å². The largest absolute Gasteiger partial charge is 0.497 e. The number of hydrogen-bond donors (Lipinski definition) is 1. The number of sulfonamides is 1. The van der Waals surface area contributed by atoms with Crippen molar-refractivity contribution >= 4 is 33.2 Å². The Kier molecular flexibility index (Phi) is 10.8. The third-order valence-corrected chi connectivity index (χ3v) is 9.93. The van der Waals surface area contributed by atoms with Gasteiger partial charge in [-0.25, -0.2) is 8.42 Å². The monoisotopic (exact) mass is 636 g/mol. The van der Waals surface area contributed by atoms with Crippen LogP contribution in [0, 0.1) is 24.0 Å². The fourth-order valence-electron chi connectivity index (χ4n) is 5.51. The molecular formula is C33H40N4O7S. The number of rotatable bonds is 12. The predicted octanol–water partition coefficient (Wildman–Crippen LogP) is 5.28. The first-order chi connectivity index (χ1) is 21.4. The van der Waals surface area contributed by atoms with E-state index in [0.29, 0.717) is 11.3 Å². The predicted molar refractivity (Wildman–Crippen MR) is 172 cm³/mol. The van der Waals surface area contributed by atoms with Gasteiger partial charge in [-0.1, -0.05) is 55.2 Å². The fraction of sp³-hybridized carbons (Fsp3) is 0.394. The highest BCUT2D eigenvalue weighted by molar-refractivity contribution is 7.92. The van der Waals surface area contributed by atoms with Crippen LogP contribution in [0.15, 0.2) is 71.6 Å². The second kappa shape index (κ2) is 14.6. The van der Waals surface area contributed by atoms with Crippen molar-refractivity contribution < 1.29 is 27.7 Å². The lowest BCUT2D eigenvalue weighted by Crippen LogP contribution is -2.53. The molecule has 240 valence electrons. The number of aryl methyl sites for hydroxylation is 2. The van der Waals surface area contributed by atoms with E-state index in [4.69, 9.17) is 4.74 Å². The van der Waals surface area contributed by atoms with Crippen molar-refractivity contribution in [3.05, 3.63) is 93.5 Å². The van der Waals surface area contributed by atoms with Crippen LogP contribution in [0.5, 0.6) is 5.75 Å². The Bertz CT molecular complexity index is 1640. The zero-order chi connectivity index (χ0) is 32.7. The van der Waals surface area contributed by atoms with Crippen LogP contribution in [0.3, 0.4) is 0 Å². The highest BCUT2D eigenvalue weighted by Gasteiger charge is 2.34. The van der Waals surface area contributed by atoms with Crippen LogP contribution in [-0.2, 0) is 26.2 Å². The summed E-state index contributed by atoms with van der Waals surface area (Å²) >= 11 is 0. The molecule has 0 saturated heterocycles. The lowest BCUT2D eigenvalue weighted by atomic mass is 9.95. The number of anilines is 1. The minimum atomic E-state index is -4.48. The maximum Gasteiger partial charge on any atom is 0.273 e. The van der Waals surface area contributed by atoms with E-state index in [1.165, 1.54) is 43.2 Å². The van der Waals surface area contributed by atoms with E-state index in [1.807, 2.05) is 31.2 Å². The molecule has 0 unspecified atom stereocenters. The number of hydrogen-bond acceptors (Lipinski definition) is 7. The first-order valence-electron chi connectivity index (χ1n) is 15.0. The standard InChI is InChI=1S/C33H40N4O7S/c1-23-9-8-10-26(19-23)21-35(25(3)33(39)34-27-11-6-5-7-12-27)32(38)22-36(28-14-16-29(44-4)17-15-28)45(42,43)30-18-13-24(2)31(20-30)37(40)41/h8-10,13-20,25,27H,5-7,11-12,21-22H2,1-4H3,(H,34,39)/t25-/m1/s1. The average molecular weight is 637 g/mol. The number of amides is 2. The molecule has 1 N–H and O–H groups in total. The number of carbonyl (C=O) groups excluding carboxylic acids is 2. The van der Waals surface area contributed by atoms with Gasteiger partial charge in [0.2, 0.25) is 11.8 Å². The number of methoxy groups -OCH3 is 1. The molecule has 2 amide bonds. The molecule has 0 bridgehead atoms. The molecule has 1 atom stereocenters. The Morgan fingerprint density at radius 2 is 1.71 bits per heavy atom. The summed E-state index contributed by atoms with van der Waals surface area (Å²) in [4.78, 5) is 39.7. The molecule has 12 heteroatoms. The molecule has 1 saturated carbocycles. The number of ether oxygens (including phenoxy) is 1. The van der Waals surface area contributed by atoms with Crippen molar-refractivity contribution in [2.45, 2.75) is 76.4 Å². The van der Waals surface area contributed by atoms with Gasteiger partial charge in [-0.3, -0.25) is 24.0 Å². The van der Waals surface area contributed by atoms with Gasteiger partial charge in [0.25, 0.3) is 15.7 Å². The number of carbonyl (C=O) groups is 2. The van der Waals surface area contributed by atoms with E-state index in [-0.39, 0.29) is 34.8 Å². The maximum absolute atomic E-state index is 14.2. The molecule has 1 aliphatic carbocycles. The summed E-state index contributed by atoms with van der Waals surface area (Å²) in [5.74, 6) is -0.442. The van der Waals surface area contributed by atoms with Crippen LogP contribution >= 0.6 is 0 Å². The summed E-state index contributed by atoms with van der Waals surface area (Å²) in [6.45, 7) is 4.51. The number of nitrogens with one attached hydrogen (secondary N) is 1. The highest BCUT2D eigenvalue weighted by Crippen LogP contribution is 2.29. The van der Waals surface area contributed by atoms with Crippen molar-refractivity contribution in [1.29, 1.82) is 0 Å². The summed E-state index contributed by atoms with van der Waals surface area (Å²) < 4.78 is 34.4. The maximum atomic E-state index is 14.2. The second-order valence-electron chi connectivity index (χ2n) is 11.4. The van der Waals surface area contributed by atoms with Crippen LogP contribution in [0.25, 0.3) is 0 Å². The van der Waals surface area contributed by atoms with Gasteiger partial charge in [-0.15, -0.1) is 0 Å². The fourth-order valence-corrected chi connectivity index (χ4v) is 6.94. The molecule has 0 aromatic heterocycles. The lowest BCUT2D eigenvalue weighted by molar-refractivity contribution is -0.385. The Morgan fingerprint density at radius 1 is 1.02 bits per heavy atom. The van der Waals surface area contributed by atoms with E-state index in [2.05, 4.69) is 5.32 Å².